The standard InChI is InChI=1S/C13H10ClF2IN2O2/c1-2-20-10-5-7(3-4-9(10)21-13(15)16)12-18-6-8(17)11(14)19-12/h3-6,13H,2H2,1H3. The quantitative estimate of drug-likeness (QED) is 0.525. The summed E-state index contributed by atoms with van der Waals surface area (Å²) in [6, 6.07) is 4.50. The molecule has 8 heteroatoms. The van der Waals surface area contributed by atoms with E-state index in [1.807, 2.05) is 22.6 Å². The Morgan fingerprint density at radius 1 is 1.33 bits per heavy atom. The van der Waals surface area contributed by atoms with Gasteiger partial charge in [0.2, 0.25) is 0 Å². The lowest BCUT2D eigenvalue weighted by Crippen LogP contribution is -2.05. The van der Waals surface area contributed by atoms with Gasteiger partial charge in [-0.15, -0.1) is 0 Å². The molecule has 0 aliphatic rings. The summed E-state index contributed by atoms with van der Waals surface area (Å²) in [4.78, 5) is 8.29. The molecule has 0 aliphatic carbocycles. The summed E-state index contributed by atoms with van der Waals surface area (Å²) in [7, 11) is 0. The van der Waals surface area contributed by atoms with Crippen molar-refractivity contribution in [3.63, 3.8) is 0 Å². The summed E-state index contributed by atoms with van der Waals surface area (Å²) in [6.45, 7) is -0.854. The molecule has 0 radical (unpaired) electrons. The number of rotatable bonds is 5. The van der Waals surface area contributed by atoms with Crippen LogP contribution in [0.15, 0.2) is 24.4 Å². The summed E-state index contributed by atoms with van der Waals surface area (Å²) in [5.74, 6) is 0.547. The van der Waals surface area contributed by atoms with Crippen molar-refractivity contribution < 1.29 is 18.3 Å². The van der Waals surface area contributed by atoms with E-state index in [1.54, 1.807) is 25.3 Å². The molecule has 1 aromatic carbocycles. The summed E-state index contributed by atoms with van der Waals surface area (Å²) in [5, 5.41) is 0.325. The van der Waals surface area contributed by atoms with E-state index in [-0.39, 0.29) is 11.5 Å². The lowest BCUT2D eigenvalue weighted by Gasteiger charge is -2.12. The van der Waals surface area contributed by atoms with Crippen molar-refractivity contribution in [3.8, 4) is 22.9 Å². The van der Waals surface area contributed by atoms with Crippen LogP contribution >= 0.6 is 34.2 Å². The fraction of sp³-hybridized carbons (Fsp3) is 0.231. The van der Waals surface area contributed by atoms with Gasteiger partial charge in [-0.3, -0.25) is 0 Å². The smallest absolute Gasteiger partial charge is 0.387 e. The topological polar surface area (TPSA) is 44.2 Å². The number of hydrogen-bond donors (Lipinski definition) is 0. The fourth-order valence-corrected chi connectivity index (χ4v) is 1.98. The van der Waals surface area contributed by atoms with Crippen molar-refractivity contribution in [2.24, 2.45) is 0 Å². The molecule has 21 heavy (non-hydrogen) atoms. The van der Waals surface area contributed by atoms with E-state index in [1.165, 1.54) is 6.07 Å². The number of nitrogens with zero attached hydrogens (tertiary/aromatic N) is 2. The van der Waals surface area contributed by atoms with Gasteiger partial charge in [0.15, 0.2) is 17.3 Å². The zero-order chi connectivity index (χ0) is 15.4. The first kappa shape index (κ1) is 16.2. The molecule has 0 fully saturated rings. The number of ether oxygens (including phenoxy) is 2. The van der Waals surface area contributed by atoms with Crippen LogP contribution in [0, 0.1) is 3.57 Å². The van der Waals surface area contributed by atoms with E-state index in [0.29, 0.717) is 23.1 Å². The molecule has 1 heterocycles. The molecule has 0 bridgehead atoms. The van der Waals surface area contributed by atoms with E-state index < -0.39 is 6.61 Å². The molecule has 0 spiro atoms. The lowest BCUT2D eigenvalue weighted by atomic mass is 10.2. The largest absolute Gasteiger partial charge is 0.490 e. The zero-order valence-corrected chi connectivity index (χ0v) is 13.7. The van der Waals surface area contributed by atoms with Gasteiger partial charge in [0.1, 0.15) is 5.15 Å². The van der Waals surface area contributed by atoms with Crippen LogP contribution in [-0.4, -0.2) is 23.2 Å². The number of alkyl halides is 2. The normalized spacial score (nSPS) is 10.8. The van der Waals surface area contributed by atoms with Crippen LogP contribution in [0.1, 0.15) is 6.92 Å². The van der Waals surface area contributed by atoms with Gasteiger partial charge in [-0.25, -0.2) is 9.97 Å². The Balaban J connectivity index is 2.40. The maximum Gasteiger partial charge on any atom is 0.387 e. The molecule has 0 saturated heterocycles. The molecule has 0 amide bonds. The Kier molecular flexibility index (Phi) is 5.51. The number of benzene rings is 1. The van der Waals surface area contributed by atoms with Gasteiger partial charge >= 0.3 is 6.61 Å². The number of aromatic nitrogens is 2. The molecule has 2 aromatic rings. The van der Waals surface area contributed by atoms with Crippen LogP contribution < -0.4 is 9.47 Å². The van der Waals surface area contributed by atoms with Crippen molar-refractivity contribution in [1.29, 1.82) is 0 Å². The highest BCUT2D eigenvalue weighted by molar-refractivity contribution is 14.1. The van der Waals surface area contributed by atoms with Crippen molar-refractivity contribution in [3.05, 3.63) is 33.1 Å². The lowest BCUT2D eigenvalue weighted by molar-refractivity contribution is -0.0514. The van der Waals surface area contributed by atoms with E-state index in [4.69, 9.17) is 16.3 Å². The highest BCUT2D eigenvalue weighted by Crippen LogP contribution is 2.33. The SMILES string of the molecule is CCOc1cc(-c2ncc(I)c(Cl)n2)ccc1OC(F)F. The first-order valence-corrected chi connectivity index (χ1v) is 7.37. The first-order chi connectivity index (χ1) is 10.0. The number of hydrogen-bond acceptors (Lipinski definition) is 4. The molecule has 0 aliphatic heterocycles. The monoisotopic (exact) mass is 426 g/mol. The second-order valence-electron chi connectivity index (χ2n) is 3.81. The summed E-state index contributed by atoms with van der Waals surface area (Å²) < 4.78 is 35.1. The minimum Gasteiger partial charge on any atom is -0.490 e. The van der Waals surface area contributed by atoms with Gasteiger partial charge < -0.3 is 9.47 Å². The van der Waals surface area contributed by atoms with Gasteiger partial charge in [0.05, 0.1) is 10.2 Å². The zero-order valence-electron chi connectivity index (χ0n) is 10.8. The molecule has 1 aromatic heterocycles. The average Bonchev–Trinajstić information content (AvgIpc) is 2.43. The predicted octanol–water partition coefficient (Wildman–Crippen LogP) is 4.40. The third-order valence-electron chi connectivity index (χ3n) is 2.42. The molecule has 112 valence electrons. The first-order valence-electron chi connectivity index (χ1n) is 5.91. The molecular weight excluding hydrogens is 417 g/mol. The Labute approximate surface area is 138 Å². The van der Waals surface area contributed by atoms with E-state index >= 15 is 0 Å². The minimum atomic E-state index is -2.92. The molecule has 0 saturated carbocycles. The molecule has 4 nitrogen and oxygen atoms in total. The van der Waals surface area contributed by atoms with Crippen molar-refractivity contribution in [1.82, 2.24) is 9.97 Å². The van der Waals surface area contributed by atoms with E-state index in [0.717, 1.165) is 3.57 Å². The Bertz CT molecular complexity index is 644. The second-order valence-corrected chi connectivity index (χ2v) is 5.33. The average molecular weight is 427 g/mol. The fourth-order valence-electron chi connectivity index (χ4n) is 1.59. The molecular formula is C13H10ClF2IN2O2. The van der Waals surface area contributed by atoms with Gasteiger partial charge in [-0.1, -0.05) is 11.6 Å². The molecule has 2 rings (SSSR count). The Morgan fingerprint density at radius 2 is 2.10 bits per heavy atom. The summed E-state index contributed by atoms with van der Waals surface area (Å²) in [6.07, 6.45) is 1.58. The molecule has 0 unspecified atom stereocenters. The highest BCUT2D eigenvalue weighted by atomic mass is 127. The van der Waals surface area contributed by atoms with Crippen LogP contribution in [0.3, 0.4) is 0 Å². The van der Waals surface area contributed by atoms with Crippen molar-refractivity contribution in [2.45, 2.75) is 13.5 Å². The second kappa shape index (κ2) is 7.17. The Hall–Kier alpha value is -1.22. The predicted molar refractivity (Wildman–Crippen MR) is 83.0 cm³/mol. The van der Waals surface area contributed by atoms with Crippen LogP contribution in [0.5, 0.6) is 11.5 Å². The van der Waals surface area contributed by atoms with Gasteiger partial charge in [0, 0.05) is 11.8 Å². The van der Waals surface area contributed by atoms with Crippen LogP contribution in [0.25, 0.3) is 11.4 Å². The van der Waals surface area contributed by atoms with Crippen molar-refractivity contribution in [2.75, 3.05) is 6.61 Å². The third-order valence-corrected chi connectivity index (χ3v) is 3.82. The summed E-state index contributed by atoms with van der Waals surface area (Å²) >= 11 is 7.97. The van der Waals surface area contributed by atoms with Crippen molar-refractivity contribution >= 4 is 34.2 Å². The van der Waals surface area contributed by atoms with E-state index in [9.17, 15) is 8.78 Å². The summed E-state index contributed by atoms with van der Waals surface area (Å²) in [5.41, 5.74) is 0.596. The van der Waals surface area contributed by atoms with Crippen LogP contribution in [0.4, 0.5) is 8.78 Å². The van der Waals surface area contributed by atoms with Crippen LogP contribution in [0.2, 0.25) is 5.15 Å². The van der Waals surface area contributed by atoms with Gasteiger partial charge in [0.25, 0.3) is 0 Å². The Morgan fingerprint density at radius 3 is 2.71 bits per heavy atom. The minimum absolute atomic E-state index is 0.0350. The van der Waals surface area contributed by atoms with Crippen LogP contribution in [-0.2, 0) is 0 Å². The third kappa shape index (κ3) is 4.13. The van der Waals surface area contributed by atoms with Gasteiger partial charge in [-0.2, -0.15) is 8.78 Å². The van der Waals surface area contributed by atoms with E-state index in [2.05, 4.69) is 14.7 Å². The number of halogens is 4. The molecule has 0 atom stereocenters. The maximum atomic E-state index is 12.3. The molecule has 0 N–H and O–H groups in total. The van der Waals surface area contributed by atoms with Gasteiger partial charge in [-0.05, 0) is 47.7 Å². The highest BCUT2D eigenvalue weighted by Gasteiger charge is 2.14. The maximum absolute atomic E-state index is 12.3.